The topological polar surface area (TPSA) is 30.2 Å². The minimum Gasteiger partial charge on any atom is -0.270 e. The van der Waals surface area contributed by atoms with Crippen molar-refractivity contribution in [2.24, 2.45) is 0 Å². The molecule has 0 saturated heterocycles. The summed E-state index contributed by atoms with van der Waals surface area (Å²) in [6, 6.07) is 16.9. The third-order valence-electron chi connectivity index (χ3n) is 4.20. The van der Waals surface area contributed by atoms with Crippen LogP contribution in [-0.4, -0.2) is 14.6 Å². The summed E-state index contributed by atoms with van der Waals surface area (Å²) in [5, 5.41) is 10.9. The molecule has 0 spiro atoms. The predicted octanol–water partition coefficient (Wildman–Crippen LogP) is 5.18. The molecule has 0 N–H and O–H groups in total. The van der Waals surface area contributed by atoms with Crippen molar-refractivity contribution in [3.8, 4) is 0 Å². The smallest absolute Gasteiger partial charge is 0.196 e. The number of pyridine rings is 1. The molecule has 1 unspecified atom stereocenters. The monoisotopic (exact) mass is 337 g/mol. The summed E-state index contributed by atoms with van der Waals surface area (Å²) in [5.41, 5.74) is 4.20. The summed E-state index contributed by atoms with van der Waals surface area (Å²) in [6.07, 6.45) is 0. The Hall–Kier alpha value is -2.40. The lowest BCUT2D eigenvalue weighted by Crippen LogP contribution is -1.95. The van der Waals surface area contributed by atoms with E-state index in [0.29, 0.717) is 0 Å². The molecule has 2 heterocycles. The van der Waals surface area contributed by atoms with Crippen molar-refractivity contribution in [3.63, 3.8) is 0 Å². The van der Waals surface area contributed by atoms with Crippen LogP contribution in [-0.2, 0) is 0 Å². The minimum absolute atomic E-state index is 0.151. The van der Waals surface area contributed by atoms with Gasteiger partial charge < -0.3 is 0 Å². The van der Waals surface area contributed by atoms with Crippen LogP contribution in [0.2, 0.25) is 0 Å². The Morgan fingerprint density at radius 2 is 1.79 bits per heavy atom. The van der Waals surface area contributed by atoms with E-state index < -0.39 is 0 Å². The summed E-state index contributed by atoms with van der Waals surface area (Å²) >= 11 is 1.63. The second-order valence-electron chi connectivity index (χ2n) is 5.83. The lowest BCUT2D eigenvalue weighted by molar-refractivity contribution is 0.627. The highest BCUT2D eigenvalue weighted by Crippen LogP contribution is 2.35. The molecule has 120 valence electrons. The fraction of sp³-hybridized carbons (Fsp3) is 0.158. The SMILES string of the molecule is Cc1cc2nnc(SC(C)c3ccc(F)cc3)n2c2ccccc12. The third kappa shape index (κ3) is 2.55. The van der Waals surface area contributed by atoms with Crippen LogP contribution in [0.4, 0.5) is 4.39 Å². The maximum atomic E-state index is 13.1. The van der Waals surface area contributed by atoms with E-state index in [-0.39, 0.29) is 11.1 Å². The first-order valence-corrected chi connectivity index (χ1v) is 8.67. The zero-order valence-electron chi connectivity index (χ0n) is 13.4. The van der Waals surface area contributed by atoms with Gasteiger partial charge in [-0.3, -0.25) is 4.40 Å². The van der Waals surface area contributed by atoms with E-state index in [4.69, 9.17) is 0 Å². The number of halogens is 1. The largest absolute Gasteiger partial charge is 0.270 e. The molecule has 2 aromatic carbocycles. The molecule has 0 fully saturated rings. The molecule has 5 heteroatoms. The van der Waals surface area contributed by atoms with E-state index >= 15 is 0 Å². The van der Waals surface area contributed by atoms with E-state index in [1.165, 1.54) is 23.1 Å². The molecule has 4 rings (SSSR count). The van der Waals surface area contributed by atoms with Gasteiger partial charge in [0.15, 0.2) is 10.8 Å². The van der Waals surface area contributed by atoms with Crippen LogP contribution >= 0.6 is 11.8 Å². The van der Waals surface area contributed by atoms with Crippen LogP contribution in [0, 0.1) is 12.7 Å². The maximum absolute atomic E-state index is 13.1. The number of hydrogen-bond donors (Lipinski definition) is 0. The zero-order chi connectivity index (χ0) is 16.7. The van der Waals surface area contributed by atoms with Crippen LogP contribution in [0.15, 0.2) is 59.8 Å². The average Bonchev–Trinajstić information content (AvgIpc) is 2.98. The van der Waals surface area contributed by atoms with Gasteiger partial charge in [-0.05, 0) is 49.2 Å². The summed E-state index contributed by atoms with van der Waals surface area (Å²) in [5.74, 6) is -0.217. The summed E-state index contributed by atoms with van der Waals surface area (Å²) in [7, 11) is 0. The molecule has 1 atom stereocenters. The fourth-order valence-corrected chi connectivity index (χ4v) is 3.91. The maximum Gasteiger partial charge on any atom is 0.196 e. The summed E-state index contributed by atoms with van der Waals surface area (Å²) in [6.45, 7) is 4.18. The first-order chi connectivity index (χ1) is 11.6. The van der Waals surface area contributed by atoms with Crippen LogP contribution in [0.5, 0.6) is 0 Å². The van der Waals surface area contributed by atoms with Crippen LogP contribution in [0.3, 0.4) is 0 Å². The fourth-order valence-electron chi connectivity index (χ4n) is 2.91. The highest BCUT2D eigenvalue weighted by Gasteiger charge is 2.15. The molecule has 3 nitrogen and oxygen atoms in total. The van der Waals surface area contributed by atoms with Crippen molar-refractivity contribution < 1.29 is 4.39 Å². The second-order valence-corrected chi connectivity index (χ2v) is 7.14. The van der Waals surface area contributed by atoms with Gasteiger partial charge in [0.1, 0.15) is 5.82 Å². The number of nitrogens with zero attached hydrogens (tertiary/aromatic N) is 3. The van der Waals surface area contributed by atoms with E-state index in [9.17, 15) is 4.39 Å². The average molecular weight is 337 g/mol. The number of aromatic nitrogens is 3. The highest BCUT2D eigenvalue weighted by atomic mass is 32.2. The Kier molecular flexibility index (Phi) is 3.73. The van der Waals surface area contributed by atoms with Gasteiger partial charge in [0.05, 0.1) is 5.52 Å². The third-order valence-corrected chi connectivity index (χ3v) is 5.30. The number of aryl methyl sites for hydroxylation is 1. The number of rotatable bonds is 3. The molecule has 0 bridgehead atoms. The summed E-state index contributed by atoms with van der Waals surface area (Å²) < 4.78 is 15.2. The molecule has 2 aromatic heterocycles. The van der Waals surface area contributed by atoms with Gasteiger partial charge in [-0.1, -0.05) is 42.1 Å². The number of thioether (sulfide) groups is 1. The Bertz CT molecular complexity index is 1020. The van der Waals surface area contributed by atoms with E-state index in [2.05, 4.69) is 46.6 Å². The Morgan fingerprint density at radius 3 is 2.58 bits per heavy atom. The molecule has 0 aliphatic rings. The Labute approximate surface area is 143 Å². The molecular formula is C19H16FN3S. The van der Waals surface area contributed by atoms with Gasteiger partial charge in [0.25, 0.3) is 0 Å². The lowest BCUT2D eigenvalue weighted by Gasteiger charge is -2.12. The van der Waals surface area contributed by atoms with Crippen LogP contribution in [0.1, 0.15) is 23.3 Å². The number of fused-ring (bicyclic) bond motifs is 3. The van der Waals surface area contributed by atoms with Gasteiger partial charge in [-0.25, -0.2) is 4.39 Å². The van der Waals surface area contributed by atoms with E-state index in [0.717, 1.165) is 21.9 Å². The van der Waals surface area contributed by atoms with Crippen molar-refractivity contribution in [2.45, 2.75) is 24.3 Å². The molecule has 0 radical (unpaired) electrons. The molecule has 0 amide bonds. The van der Waals surface area contributed by atoms with Crippen LogP contribution in [0.25, 0.3) is 16.6 Å². The van der Waals surface area contributed by atoms with Gasteiger partial charge >= 0.3 is 0 Å². The molecular weight excluding hydrogens is 321 g/mol. The van der Waals surface area contributed by atoms with E-state index in [1.807, 2.05) is 24.3 Å². The van der Waals surface area contributed by atoms with Crippen molar-refractivity contribution in [1.82, 2.24) is 14.6 Å². The molecule has 0 aliphatic carbocycles. The van der Waals surface area contributed by atoms with Gasteiger partial charge in [0, 0.05) is 10.6 Å². The normalized spacial score (nSPS) is 12.8. The predicted molar refractivity (Wildman–Crippen MR) is 95.9 cm³/mol. The van der Waals surface area contributed by atoms with Crippen LogP contribution < -0.4 is 0 Å². The lowest BCUT2D eigenvalue weighted by atomic mass is 10.1. The molecule has 0 saturated carbocycles. The standard InChI is InChI=1S/C19H16FN3S/c1-12-11-18-21-22-19(23(18)17-6-4-3-5-16(12)17)24-13(2)14-7-9-15(20)10-8-14/h3-11,13H,1-2H3. The molecule has 24 heavy (non-hydrogen) atoms. The molecule has 4 aromatic rings. The first-order valence-electron chi connectivity index (χ1n) is 7.79. The van der Waals surface area contributed by atoms with Crippen molar-refractivity contribution >= 4 is 28.3 Å². The number of hydrogen-bond acceptors (Lipinski definition) is 3. The second kappa shape index (κ2) is 5.91. The zero-order valence-corrected chi connectivity index (χ0v) is 14.2. The number of benzene rings is 2. The van der Waals surface area contributed by atoms with Crippen molar-refractivity contribution in [2.75, 3.05) is 0 Å². The summed E-state index contributed by atoms with van der Waals surface area (Å²) in [4.78, 5) is 0. The molecule has 0 aliphatic heterocycles. The van der Waals surface area contributed by atoms with E-state index in [1.54, 1.807) is 11.8 Å². The Balaban J connectivity index is 1.80. The van der Waals surface area contributed by atoms with Crippen molar-refractivity contribution in [3.05, 3.63) is 71.5 Å². The van der Waals surface area contributed by atoms with Gasteiger partial charge in [-0.15, -0.1) is 10.2 Å². The Morgan fingerprint density at radius 1 is 1.04 bits per heavy atom. The quantitative estimate of drug-likeness (QED) is 0.482. The van der Waals surface area contributed by atoms with Gasteiger partial charge in [0.2, 0.25) is 0 Å². The number of para-hydroxylation sites is 1. The minimum atomic E-state index is -0.217. The van der Waals surface area contributed by atoms with Gasteiger partial charge in [-0.2, -0.15) is 0 Å². The highest BCUT2D eigenvalue weighted by molar-refractivity contribution is 7.99. The first kappa shape index (κ1) is 15.1. The van der Waals surface area contributed by atoms with Crippen molar-refractivity contribution in [1.29, 1.82) is 0 Å².